The number of urea groups is 1. The van der Waals surface area contributed by atoms with Crippen molar-refractivity contribution in [3.05, 3.63) is 24.3 Å². The molecule has 0 spiro atoms. The molecule has 3 N–H and O–H groups in total. The molecule has 1 aromatic carbocycles. The van der Waals surface area contributed by atoms with Crippen molar-refractivity contribution in [1.29, 1.82) is 0 Å². The van der Waals surface area contributed by atoms with Gasteiger partial charge >= 0.3 is 6.03 Å². The number of rotatable bonds is 5. The molecule has 1 aliphatic heterocycles. The number of piperidine rings is 1. The Morgan fingerprint density at radius 2 is 2.17 bits per heavy atom. The fourth-order valence-corrected chi connectivity index (χ4v) is 3.00. The lowest BCUT2D eigenvalue weighted by Crippen LogP contribution is -2.43. The van der Waals surface area contributed by atoms with Gasteiger partial charge in [-0.05, 0) is 50.8 Å². The topological polar surface area (TPSA) is 78.7 Å². The maximum Gasteiger partial charge on any atom is 0.321 e. The second-order valence-electron chi connectivity index (χ2n) is 6.81. The van der Waals surface area contributed by atoms with Crippen molar-refractivity contribution < 1.29 is 9.59 Å². The first-order chi connectivity index (χ1) is 11.4. The molecule has 6 heteroatoms. The van der Waals surface area contributed by atoms with Crippen molar-refractivity contribution in [2.75, 3.05) is 30.4 Å². The van der Waals surface area contributed by atoms with Gasteiger partial charge in [-0.15, -0.1) is 0 Å². The van der Waals surface area contributed by atoms with Crippen molar-refractivity contribution in [2.24, 2.45) is 11.7 Å². The molecule has 1 heterocycles. The highest BCUT2D eigenvalue weighted by Crippen LogP contribution is 2.22. The molecule has 1 atom stereocenters. The van der Waals surface area contributed by atoms with Crippen LogP contribution in [0, 0.1) is 5.92 Å². The number of nitrogens with one attached hydrogen (secondary N) is 1. The number of likely N-dealkylation sites (tertiary alicyclic amines) is 1. The SMILES string of the molecule is CC(C)N(C)c1cccc(NC(=O)N2CCC[C@@H](CC(N)=O)C2)c1. The van der Waals surface area contributed by atoms with E-state index in [0.717, 1.165) is 24.2 Å². The van der Waals surface area contributed by atoms with Crippen LogP contribution in [0.1, 0.15) is 33.1 Å². The van der Waals surface area contributed by atoms with Crippen molar-refractivity contribution in [3.8, 4) is 0 Å². The molecule has 132 valence electrons. The lowest BCUT2D eigenvalue weighted by atomic mass is 9.95. The maximum atomic E-state index is 12.5. The monoisotopic (exact) mass is 332 g/mol. The highest BCUT2D eigenvalue weighted by molar-refractivity contribution is 5.90. The fraction of sp³-hybridized carbons (Fsp3) is 0.556. The molecule has 0 bridgehead atoms. The summed E-state index contributed by atoms with van der Waals surface area (Å²) in [5, 5.41) is 2.96. The minimum atomic E-state index is -0.299. The minimum Gasteiger partial charge on any atom is -0.372 e. The summed E-state index contributed by atoms with van der Waals surface area (Å²) >= 11 is 0. The van der Waals surface area contributed by atoms with Gasteiger partial charge in [0.25, 0.3) is 0 Å². The first kappa shape index (κ1) is 18.1. The molecule has 1 saturated heterocycles. The molecule has 0 aliphatic carbocycles. The van der Waals surface area contributed by atoms with Gasteiger partial charge in [-0.3, -0.25) is 4.79 Å². The quantitative estimate of drug-likeness (QED) is 0.870. The summed E-state index contributed by atoms with van der Waals surface area (Å²) < 4.78 is 0. The van der Waals surface area contributed by atoms with Crippen LogP contribution in [-0.4, -0.2) is 43.0 Å². The van der Waals surface area contributed by atoms with E-state index in [1.54, 1.807) is 4.90 Å². The van der Waals surface area contributed by atoms with E-state index in [1.165, 1.54) is 0 Å². The number of nitrogens with two attached hydrogens (primary N) is 1. The zero-order valence-corrected chi connectivity index (χ0v) is 14.8. The number of anilines is 2. The summed E-state index contributed by atoms with van der Waals surface area (Å²) in [5.74, 6) is -0.132. The number of benzene rings is 1. The fourth-order valence-electron chi connectivity index (χ4n) is 3.00. The van der Waals surface area contributed by atoms with Gasteiger partial charge in [0.15, 0.2) is 0 Å². The summed E-state index contributed by atoms with van der Waals surface area (Å²) in [6.45, 7) is 5.54. The number of carbonyl (C=O) groups is 2. The number of amides is 3. The molecule has 0 unspecified atom stereocenters. The third-order valence-corrected chi connectivity index (χ3v) is 4.58. The Morgan fingerprint density at radius 1 is 1.42 bits per heavy atom. The molecular formula is C18H28N4O2. The number of primary amides is 1. The van der Waals surface area contributed by atoms with E-state index in [-0.39, 0.29) is 17.9 Å². The number of carbonyl (C=O) groups excluding carboxylic acids is 2. The smallest absolute Gasteiger partial charge is 0.321 e. The van der Waals surface area contributed by atoms with Crippen LogP contribution in [0.3, 0.4) is 0 Å². The molecule has 0 saturated carbocycles. The first-order valence-corrected chi connectivity index (χ1v) is 8.54. The highest BCUT2D eigenvalue weighted by Gasteiger charge is 2.24. The molecule has 6 nitrogen and oxygen atoms in total. The maximum absolute atomic E-state index is 12.5. The summed E-state index contributed by atoms with van der Waals surface area (Å²) in [4.78, 5) is 27.5. The molecule has 0 radical (unpaired) electrons. The van der Waals surface area contributed by atoms with Gasteiger partial charge in [-0.2, -0.15) is 0 Å². The van der Waals surface area contributed by atoms with Gasteiger partial charge in [0.1, 0.15) is 0 Å². The molecule has 1 aliphatic rings. The second-order valence-corrected chi connectivity index (χ2v) is 6.81. The van der Waals surface area contributed by atoms with Crippen LogP contribution in [0.25, 0.3) is 0 Å². The Kier molecular flexibility index (Phi) is 6.06. The van der Waals surface area contributed by atoms with Crippen molar-refractivity contribution in [3.63, 3.8) is 0 Å². The van der Waals surface area contributed by atoms with E-state index < -0.39 is 0 Å². The third-order valence-electron chi connectivity index (χ3n) is 4.58. The summed E-state index contributed by atoms with van der Waals surface area (Å²) in [5.41, 5.74) is 7.12. The zero-order chi connectivity index (χ0) is 17.7. The van der Waals surface area contributed by atoms with E-state index in [4.69, 9.17) is 5.73 Å². The molecule has 0 aromatic heterocycles. The van der Waals surface area contributed by atoms with Gasteiger partial charge in [0.2, 0.25) is 5.91 Å². The molecule has 1 fully saturated rings. The van der Waals surface area contributed by atoms with Gasteiger partial charge < -0.3 is 20.9 Å². The second kappa shape index (κ2) is 8.04. The Morgan fingerprint density at radius 3 is 2.83 bits per heavy atom. The Bertz CT molecular complexity index is 588. The van der Waals surface area contributed by atoms with Crippen molar-refractivity contribution in [1.82, 2.24) is 4.90 Å². The van der Waals surface area contributed by atoms with Gasteiger partial charge in [-0.25, -0.2) is 4.79 Å². The van der Waals surface area contributed by atoms with Gasteiger partial charge in [0, 0.05) is 44.0 Å². The Labute approximate surface area is 144 Å². The summed E-state index contributed by atoms with van der Waals surface area (Å²) in [6.07, 6.45) is 2.20. The third kappa shape index (κ3) is 4.88. The normalized spacial score (nSPS) is 17.7. The predicted molar refractivity (Wildman–Crippen MR) is 97.1 cm³/mol. The van der Waals surface area contributed by atoms with Crippen molar-refractivity contribution in [2.45, 2.75) is 39.2 Å². The van der Waals surface area contributed by atoms with Crippen LogP contribution < -0.4 is 16.0 Å². The van der Waals surface area contributed by atoms with E-state index in [0.29, 0.717) is 25.6 Å². The van der Waals surface area contributed by atoms with Crippen LogP contribution in [0.15, 0.2) is 24.3 Å². The van der Waals surface area contributed by atoms with Crippen LogP contribution >= 0.6 is 0 Å². The number of hydrogen-bond acceptors (Lipinski definition) is 3. The van der Waals surface area contributed by atoms with Crippen LogP contribution in [0.2, 0.25) is 0 Å². The molecule has 3 amide bonds. The van der Waals surface area contributed by atoms with E-state index in [9.17, 15) is 9.59 Å². The lowest BCUT2D eigenvalue weighted by Gasteiger charge is -2.32. The van der Waals surface area contributed by atoms with E-state index in [1.807, 2.05) is 31.3 Å². The molecular weight excluding hydrogens is 304 g/mol. The number of nitrogens with zero attached hydrogens (tertiary/aromatic N) is 2. The molecule has 24 heavy (non-hydrogen) atoms. The van der Waals surface area contributed by atoms with Crippen molar-refractivity contribution >= 4 is 23.3 Å². The van der Waals surface area contributed by atoms with Gasteiger partial charge in [-0.1, -0.05) is 6.07 Å². The Balaban J connectivity index is 1.99. The average Bonchev–Trinajstić information content (AvgIpc) is 2.54. The lowest BCUT2D eigenvalue weighted by molar-refractivity contribution is -0.119. The predicted octanol–water partition coefficient (Wildman–Crippen LogP) is 2.65. The molecule has 1 aromatic rings. The van der Waals surface area contributed by atoms with E-state index >= 15 is 0 Å². The highest BCUT2D eigenvalue weighted by atomic mass is 16.2. The molecule has 2 rings (SSSR count). The number of hydrogen-bond donors (Lipinski definition) is 2. The summed E-state index contributed by atoms with van der Waals surface area (Å²) in [6, 6.07) is 8.10. The largest absolute Gasteiger partial charge is 0.372 e. The van der Waals surface area contributed by atoms with E-state index in [2.05, 4.69) is 24.1 Å². The van der Waals surface area contributed by atoms with Crippen LogP contribution in [-0.2, 0) is 4.79 Å². The average molecular weight is 332 g/mol. The standard InChI is InChI=1S/C18H28N4O2/c1-13(2)21(3)16-8-4-7-15(11-16)20-18(24)22-9-5-6-14(12-22)10-17(19)23/h4,7-8,11,13-14H,5-6,9-10,12H2,1-3H3,(H2,19,23)(H,20,24)/t14-/m0/s1. The minimum absolute atomic E-state index is 0.117. The Hall–Kier alpha value is -2.24. The zero-order valence-electron chi connectivity index (χ0n) is 14.8. The van der Waals surface area contributed by atoms with Crippen LogP contribution in [0.5, 0.6) is 0 Å². The first-order valence-electron chi connectivity index (χ1n) is 8.54. The van der Waals surface area contributed by atoms with Crippen LogP contribution in [0.4, 0.5) is 16.2 Å². The summed E-state index contributed by atoms with van der Waals surface area (Å²) in [7, 11) is 2.03. The van der Waals surface area contributed by atoms with Gasteiger partial charge in [0.05, 0.1) is 0 Å².